The standard InChI is InChI=1S/C18H19F2N5O2/c1-12(16-24-23-15-4-2-3-11-25(15)16)22-18(26)21-10-9-13-5-7-14(8-6-13)27-17(19)20/h2-8,11-12,17H,9-10H2,1H3,(H2,21,22,26). The largest absolute Gasteiger partial charge is 0.435 e. The van der Waals surface area contributed by atoms with Crippen molar-refractivity contribution in [2.24, 2.45) is 0 Å². The van der Waals surface area contributed by atoms with Crippen LogP contribution in [0.3, 0.4) is 0 Å². The van der Waals surface area contributed by atoms with Gasteiger partial charge in [0, 0.05) is 12.7 Å². The smallest absolute Gasteiger partial charge is 0.387 e. The summed E-state index contributed by atoms with van der Waals surface area (Å²) in [6.45, 7) is -0.621. The first-order chi connectivity index (χ1) is 13.0. The molecule has 1 atom stereocenters. The molecule has 0 bridgehead atoms. The maximum absolute atomic E-state index is 12.1. The molecule has 1 aromatic carbocycles. The van der Waals surface area contributed by atoms with Gasteiger partial charge in [0.15, 0.2) is 11.5 Å². The lowest BCUT2D eigenvalue weighted by atomic mass is 10.1. The summed E-state index contributed by atoms with van der Waals surface area (Å²) in [4.78, 5) is 12.1. The summed E-state index contributed by atoms with van der Waals surface area (Å²) in [5.74, 6) is 0.740. The summed E-state index contributed by atoms with van der Waals surface area (Å²) in [6.07, 6.45) is 2.40. The fraction of sp³-hybridized carbons (Fsp3) is 0.278. The van der Waals surface area contributed by atoms with Gasteiger partial charge in [-0.2, -0.15) is 8.78 Å². The molecule has 0 aliphatic carbocycles. The number of urea groups is 1. The summed E-state index contributed by atoms with van der Waals surface area (Å²) in [7, 11) is 0. The molecule has 0 saturated carbocycles. The molecule has 9 heteroatoms. The molecule has 2 heterocycles. The molecule has 0 aliphatic heterocycles. The van der Waals surface area contributed by atoms with Crippen LogP contribution in [-0.4, -0.2) is 33.8 Å². The van der Waals surface area contributed by atoms with Crippen molar-refractivity contribution in [3.8, 4) is 5.75 Å². The van der Waals surface area contributed by atoms with Gasteiger partial charge < -0.3 is 15.4 Å². The van der Waals surface area contributed by atoms with Gasteiger partial charge in [-0.3, -0.25) is 4.40 Å². The topological polar surface area (TPSA) is 80.5 Å². The number of nitrogens with one attached hydrogen (secondary N) is 2. The third-order valence-corrected chi connectivity index (χ3v) is 3.92. The number of benzene rings is 1. The Hall–Kier alpha value is -3.23. The predicted molar refractivity (Wildman–Crippen MR) is 94.7 cm³/mol. The highest BCUT2D eigenvalue weighted by Crippen LogP contribution is 2.15. The van der Waals surface area contributed by atoms with E-state index in [1.54, 1.807) is 12.1 Å². The summed E-state index contributed by atoms with van der Waals surface area (Å²) in [5, 5.41) is 13.7. The lowest BCUT2D eigenvalue weighted by Gasteiger charge is -2.13. The molecule has 2 aromatic heterocycles. The second-order valence-electron chi connectivity index (χ2n) is 5.88. The zero-order valence-corrected chi connectivity index (χ0v) is 14.6. The van der Waals surface area contributed by atoms with Crippen LogP contribution in [0.5, 0.6) is 5.75 Å². The number of alkyl halides is 2. The highest BCUT2D eigenvalue weighted by molar-refractivity contribution is 5.74. The minimum absolute atomic E-state index is 0.105. The number of pyridine rings is 1. The Morgan fingerprint density at radius 2 is 1.96 bits per heavy atom. The fourth-order valence-electron chi connectivity index (χ4n) is 2.63. The number of fused-ring (bicyclic) bond motifs is 1. The van der Waals surface area contributed by atoms with Crippen LogP contribution in [0, 0.1) is 0 Å². The second kappa shape index (κ2) is 8.43. The van der Waals surface area contributed by atoms with Crippen molar-refractivity contribution in [3.63, 3.8) is 0 Å². The molecule has 0 aliphatic rings. The van der Waals surface area contributed by atoms with Crippen molar-refractivity contribution in [3.05, 3.63) is 60.0 Å². The van der Waals surface area contributed by atoms with Crippen LogP contribution in [0.25, 0.3) is 5.65 Å². The molecule has 3 rings (SSSR count). The maximum atomic E-state index is 12.1. The van der Waals surface area contributed by atoms with E-state index in [0.29, 0.717) is 24.4 Å². The molecule has 27 heavy (non-hydrogen) atoms. The molecule has 0 spiro atoms. The number of nitrogens with zero attached hydrogens (tertiary/aromatic N) is 3. The van der Waals surface area contributed by atoms with E-state index in [1.165, 1.54) is 12.1 Å². The minimum Gasteiger partial charge on any atom is -0.435 e. The van der Waals surface area contributed by atoms with E-state index in [-0.39, 0.29) is 17.8 Å². The van der Waals surface area contributed by atoms with Gasteiger partial charge in [0.2, 0.25) is 0 Å². The molecular formula is C18H19F2N5O2. The van der Waals surface area contributed by atoms with Crippen molar-refractivity contribution < 1.29 is 18.3 Å². The van der Waals surface area contributed by atoms with E-state index < -0.39 is 6.61 Å². The van der Waals surface area contributed by atoms with E-state index in [1.807, 2.05) is 35.7 Å². The van der Waals surface area contributed by atoms with Gasteiger partial charge in [-0.15, -0.1) is 10.2 Å². The quantitative estimate of drug-likeness (QED) is 0.665. The number of hydrogen-bond acceptors (Lipinski definition) is 4. The molecule has 1 unspecified atom stereocenters. The first kappa shape index (κ1) is 18.6. The highest BCUT2D eigenvalue weighted by Gasteiger charge is 2.15. The van der Waals surface area contributed by atoms with E-state index in [2.05, 4.69) is 25.6 Å². The van der Waals surface area contributed by atoms with E-state index >= 15 is 0 Å². The number of carbonyl (C=O) groups is 1. The summed E-state index contributed by atoms with van der Waals surface area (Å²) in [6, 6.07) is 11.2. The van der Waals surface area contributed by atoms with Gasteiger partial charge in [-0.1, -0.05) is 18.2 Å². The third-order valence-electron chi connectivity index (χ3n) is 3.92. The van der Waals surface area contributed by atoms with Crippen LogP contribution < -0.4 is 15.4 Å². The fourth-order valence-corrected chi connectivity index (χ4v) is 2.63. The first-order valence-corrected chi connectivity index (χ1v) is 8.40. The van der Waals surface area contributed by atoms with E-state index in [9.17, 15) is 13.6 Å². The normalized spacial score (nSPS) is 12.1. The van der Waals surface area contributed by atoms with Crippen LogP contribution in [0.2, 0.25) is 0 Å². The zero-order chi connectivity index (χ0) is 19.2. The predicted octanol–water partition coefficient (Wildman–Crippen LogP) is 2.93. The van der Waals surface area contributed by atoms with Gasteiger partial charge in [0.1, 0.15) is 5.75 Å². The van der Waals surface area contributed by atoms with Crippen molar-refractivity contribution in [2.45, 2.75) is 26.0 Å². The van der Waals surface area contributed by atoms with E-state index in [0.717, 1.165) is 5.56 Å². The lowest BCUT2D eigenvalue weighted by molar-refractivity contribution is -0.0498. The Kier molecular flexibility index (Phi) is 5.80. The average molecular weight is 375 g/mol. The number of ether oxygens (including phenoxy) is 1. The van der Waals surface area contributed by atoms with Crippen LogP contribution in [0.15, 0.2) is 48.7 Å². The number of carbonyl (C=O) groups excluding carboxylic acids is 1. The van der Waals surface area contributed by atoms with Crippen LogP contribution in [0.4, 0.5) is 13.6 Å². The summed E-state index contributed by atoms with van der Waals surface area (Å²) in [5.41, 5.74) is 1.61. The molecule has 142 valence electrons. The first-order valence-electron chi connectivity index (χ1n) is 8.40. The number of hydrogen-bond donors (Lipinski definition) is 2. The lowest BCUT2D eigenvalue weighted by Crippen LogP contribution is -2.38. The molecule has 0 fully saturated rings. The van der Waals surface area contributed by atoms with E-state index in [4.69, 9.17) is 0 Å². The SMILES string of the molecule is CC(NC(=O)NCCc1ccc(OC(F)F)cc1)c1nnc2ccccn12. The van der Waals surface area contributed by atoms with Gasteiger partial charge in [-0.25, -0.2) is 4.79 Å². The highest BCUT2D eigenvalue weighted by atomic mass is 19.3. The Morgan fingerprint density at radius 3 is 2.70 bits per heavy atom. The number of rotatable bonds is 7. The Labute approximate surface area is 154 Å². The molecule has 0 saturated heterocycles. The Morgan fingerprint density at radius 1 is 1.19 bits per heavy atom. The number of halogens is 2. The molecule has 2 amide bonds. The number of aromatic nitrogens is 3. The summed E-state index contributed by atoms with van der Waals surface area (Å²) >= 11 is 0. The van der Waals surface area contributed by atoms with Gasteiger partial charge >= 0.3 is 12.6 Å². The van der Waals surface area contributed by atoms with Crippen LogP contribution in [0.1, 0.15) is 24.4 Å². The van der Waals surface area contributed by atoms with Gasteiger partial charge in [0.25, 0.3) is 0 Å². The van der Waals surface area contributed by atoms with Crippen molar-refractivity contribution in [1.29, 1.82) is 0 Å². The van der Waals surface area contributed by atoms with Crippen LogP contribution in [-0.2, 0) is 6.42 Å². The molecule has 7 nitrogen and oxygen atoms in total. The molecule has 3 aromatic rings. The van der Waals surface area contributed by atoms with Crippen LogP contribution >= 0.6 is 0 Å². The van der Waals surface area contributed by atoms with Gasteiger partial charge in [-0.05, 0) is 43.2 Å². The summed E-state index contributed by atoms with van der Waals surface area (Å²) < 4.78 is 30.3. The molecule has 2 N–H and O–H groups in total. The average Bonchev–Trinajstić information content (AvgIpc) is 3.07. The molecule has 0 radical (unpaired) electrons. The minimum atomic E-state index is -2.84. The monoisotopic (exact) mass is 375 g/mol. The second-order valence-corrected chi connectivity index (χ2v) is 5.88. The van der Waals surface area contributed by atoms with Crippen molar-refractivity contribution in [2.75, 3.05) is 6.54 Å². The van der Waals surface area contributed by atoms with Crippen molar-refractivity contribution >= 4 is 11.7 Å². The Bertz CT molecular complexity index is 898. The number of amides is 2. The van der Waals surface area contributed by atoms with Crippen molar-refractivity contribution in [1.82, 2.24) is 25.2 Å². The zero-order valence-electron chi connectivity index (χ0n) is 14.6. The van der Waals surface area contributed by atoms with Gasteiger partial charge in [0.05, 0.1) is 6.04 Å². The maximum Gasteiger partial charge on any atom is 0.387 e. The third kappa shape index (κ3) is 4.90. The molecular weight excluding hydrogens is 356 g/mol. The Balaban J connectivity index is 1.47.